The van der Waals surface area contributed by atoms with Crippen molar-refractivity contribution in [1.29, 1.82) is 0 Å². The summed E-state index contributed by atoms with van der Waals surface area (Å²) in [4.78, 5) is 2.43. The van der Waals surface area contributed by atoms with Crippen LogP contribution >= 0.6 is 0 Å². The highest BCUT2D eigenvalue weighted by molar-refractivity contribution is 5.19. The largest absolute Gasteiger partial charge is 0.388 e. The Bertz CT molecular complexity index is 390. The summed E-state index contributed by atoms with van der Waals surface area (Å²) in [6.45, 7) is 4.01. The molecule has 0 amide bonds. The molecule has 1 aliphatic rings. The molecule has 0 aromatic heterocycles. The van der Waals surface area contributed by atoms with Crippen LogP contribution in [0.2, 0.25) is 0 Å². The molecule has 1 aromatic rings. The number of aliphatic hydroxyl groups excluding tert-OH is 1. The topological polar surface area (TPSA) is 23.5 Å². The summed E-state index contributed by atoms with van der Waals surface area (Å²) in [6, 6.07) is 7.18. The highest BCUT2D eigenvalue weighted by atomic mass is 19.1. The van der Waals surface area contributed by atoms with Crippen LogP contribution in [0, 0.1) is 5.82 Å². The second kappa shape index (κ2) is 7.01. The fourth-order valence-electron chi connectivity index (χ4n) is 3.06. The van der Waals surface area contributed by atoms with Crippen molar-refractivity contribution in [3.05, 3.63) is 35.6 Å². The summed E-state index contributed by atoms with van der Waals surface area (Å²) in [5.41, 5.74) is 0.421. The van der Waals surface area contributed by atoms with E-state index in [0.717, 1.165) is 13.1 Å². The van der Waals surface area contributed by atoms with Crippen LogP contribution in [-0.2, 0) is 0 Å². The van der Waals surface area contributed by atoms with Crippen molar-refractivity contribution in [2.45, 2.75) is 51.2 Å². The van der Waals surface area contributed by atoms with E-state index >= 15 is 0 Å². The highest BCUT2D eigenvalue weighted by Crippen LogP contribution is 2.25. The molecule has 1 atom stereocenters. The van der Waals surface area contributed by atoms with Crippen LogP contribution in [-0.4, -0.2) is 29.1 Å². The first-order valence-electron chi connectivity index (χ1n) is 7.39. The van der Waals surface area contributed by atoms with Gasteiger partial charge in [0.1, 0.15) is 5.82 Å². The van der Waals surface area contributed by atoms with E-state index in [1.165, 1.54) is 31.7 Å². The van der Waals surface area contributed by atoms with Crippen LogP contribution in [0.25, 0.3) is 0 Å². The molecular weight excluding hydrogens is 241 g/mol. The number of halogens is 1. The summed E-state index contributed by atoms with van der Waals surface area (Å²) in [6.07, 6.45) is 5.07. The quantitative estimate of drug-likeness (QED) is 0.850. The molecule has 1 saturated carbocycles. The third kappa shape index (κ3) is 3.77. The second-order valence-electron chi connectivity index (χ2n) is 5.39. The van der Waals surface area contributed by atoms with Gasteiger partial charge in [-0.15, -0.1) is 0 Å². The monoisotopic (exact) mass is 265 g/mol. The van der Waals surface area contributed by atoms with Crippen molar-refractivity contribution in [3.8, 4) is 0 Å². The molecule has 106 valence electrons. The Hall–Kier alpha value is -0.930. The Morgan fingerprint density at radius 1 is 1.32 bits per heavy atom. The standard InChI is InChI=1S/C16H24FNO/c1-2-18(13-7-3-4-8-13)12-11-16(19)14-9-5-6-10-15(14)17/h5-6,9-10,13,16,19H,2-4,7-8,11-12H2,1H3. The van der Waals surface area contributed by atoms with Crippen molar-refractivity contribution in [1.82, 2.24) is 4.90 Å². The molecule has 0 saturated heterocycles. The molecule has 1 unspecified atom stereocenters. The van der Waals surface area contributed by atoms with Gasteiger partial charge < -0.3 is 10.0 Å². The summed E-state index contributed by atoms with van der Waals surface area (Å²) in [5, 5.41) is 10.1. The van der Waals surface area contributed by atoms with E-state index in [0.29, 0.717) is 18.0 Å². The summed E-state index contributed by atoms with van der Waals surface area (Å²) < 4.78 is 13.6. The molecule has 1 N–H and O–H groups in total. The maximum absolute atomic E-state index is 13.6. The molecule has 2 rings (SSSR count). The van der Waals surface area contributed by atoms with Gasteiger partial charge in [-0.05, 0) is 31.9 Å². The first-order chi connectivity index (χ1) is 9.22. The van der Waals surface area contributed by atoms with Crippen LogP contribution in [0.3, 0.4) is 0 Å². The normalized spacial score (nSPS) is 18.1. The Balaban J connectivity index is 1.88. The van der Waals surface area contributed by atoms with Crippen molar-refractivity contribution in [2.24, 2.45) is 0 Å². The van der Waals surface area contributed by atoms with Gasteiger partial charge >= 0.3 is 0 Å². The van der Waals surface area contributed by atoms with E-state index in [1.807, 2.05) is 0 Å². The number of hydrogen-bond acceptors (Lipinski definition) is 2. The Morgan fingerprint density at radius 3 is 2.63 bits per heavy atom. The van der Waals surface area contributed by atoms with E-state index < -0.39 is 6.10 Å². The predicted molar refractivity (Wildman–Crippen MR) is 75.5 cm³/mol. The number of hydrogen-bond donors (Lipinski definition) is 1. The third-order valence-electron chi connectivity index (χ3n) is 4.20. The summed E-state index contributed by atoms with van der Waals surface area (Å²) in [5.74, 6) is -0.307. The molecule has 1 aliphatic carbocycles. The maximum atomic E-state index is 13.6. The lowest BCUT2D eigenvalue weighted by Crippen LogP contribution is -2.34. The van der Waals surface area contributed by atoms with Crippen LogP contribution in [0.1, 0.15) is 50.7 Å². The summed E-state index contributed by atoms with van der Waals surface area (Å²) in [7, 11) is 0. The van der Waals surface area contributed by atoms with Crippen molar-refractivity contribution in [3.63, 3.8) is 0 Å². The van der Waals surface area contributed by atoms with E-state index in [1.54, 1.807) is 18.2 Å². The average molecular weight is 265 g/mol. The van der Waals surface area contributed by atoms with Crippen molar-refractivity contribution >= 4 is 0 Å². The van der Waals surface area contributed by atoms with Crippen LogP contribution < -0.4 is 0 Å². The number of benzene rings is 1. The zero-order valence-corrected chi connectivity index (χ0v) is 11.7. The molecule has 3 heteroatoms. The molecule has 1 aromatic carbocycles. The average Bonchev–Trinajstić information content (AvgIpc) is 2.94. The van der Waals surface area contributed by atoms with Crippen LogP contribution in [0.5, 0.6) is 0 Å². The SMILES string of the molecule is CCN(CCC(O)c1ccccc1F)C1CCCC1. The van der Waals surface area contributed by atoms with E-state index in [-0.39, 0.29) is 5.82 Å². The first kappa shape index (κ1) is 14.5. The van der Waals surface area contributed by atoms with Gasteiger partial charge in [-0.1, -0.05) is 38.0 Å². The van der Waals surface area contributed by atoms with Gasteiger partial charge in [-0.25, -0.2) is 4.39 Å². The smallest absolute Gasteiger partial charge is 0.128 e. The highest BCUT2D eigenvalue weighted by Gasteiger charge is 2.22. The minimum absolute atomic E-state index is 0.307. The fourth-order valence-corrected chi connectivity index (χ4v) is 3.06. The zero-order valence-electron chi connectivity index (χ0n) is 11.7. The maximum Gasteiger partial charge on any atom is 0.128 e. The van der Waals surface area contributed by atoms with Crippen LogP contribution in [0.4, 0.5) is 4.39 Å². The lowest BCUT2D eigenvalue weighted by atomic mass is 10.1. The molecule has 0 bridgehead atoms. The minimum Gasteiger partial charge on any atom is -0.388 e. The Morgan fingerprint density at radius 2 is 2.00 bits per heavy atom. The van der Waals surface area contributed by atoms with Gasteiger partial charge in [0, 0.05) is 18.2 Å². The lowest BCUT2D eigenvalue weighted by Gasteiger charge is -2.28. The van der Waals surface area contributed by atoms with Gasteiger partial charge in [0.25, 0.3) is 0 Å². The van der Waals surface area contributed by atoms with Gasteiger partial charge in [-0.3, -0.25) is 0 Å². The molecule has 2 nitrogen and oxygen atoms in total. The molecule has 0 radical (unpaired) electrons. The van der Waals surface area contributed by atoms with E-state index in [2.05, 4.69) is 11.8 Å². The van der Waals surface area contributed by atoms with Gasteiger partial charge in [0.2, 0.25) is 0 Å². The molecular formula is C16H24FNO. The van der Waals surface area contributed by atoms with Gasteiger partial charge in [0.05, 0.1) is 6.10 Å². The second-order valence-corrected chi connectivity index (χ2v) is 5.39. The van der Waals surface area contributed by atoms with Gasteiger partial charge in [-0.2, -0.15) is 0 Å². The minimum atomic E-state index is -0.698. The fraction of sp³-hybridized carbons (Fsp3) is 0.625. The molecule has 19 heavy (non-hydrogen) atoms. The van der Waals surface area contributed by atoms with Crippen LogP contribution in [0.15, 0.2) is 24.3 Å². The van der Waals surface area contributed by atoms with Gasteiger partial charge in [0.15, 0.2) is 0 Å². The molecule has 1 fully saturated rings. The lowest BCUT2D eigenvalue weighted by molar-refractivity contribution is 0.124. The Kier molecular flexibility index (Phi) is 5.34. The molecule has 0 aliphatic heterocycles. The van der Waals surface area contributed by atoms with Crippen molar-refractivity contribution < 1.29 is 9.50 Å². The summed E-state index contributed by atoms with van der Waals surface area (Å²) >= 11 is 0. The van der Waals surface area contributed by atoms with E-state index in [4.69, 9.17) is 0 Å². The number of rotatable bonds is 6. The first-order valence-corrected chi connectivity index (χ1v) is 7.39. The predicted octanol–water partition coefficient (Wildman–Crippen LogP) is 3.51. The molecule has 0 spiro atoms. The number of nitrogens with zero attached hydrogens (tertiary/aromatic N) is 1. The zero-order chi connectivity index (χ0) is 13.7. The Labute approximate surface area is 115 Å². The molecule has 0 heterocycles. The third-order valence-corrected chi connectivity index (χ3v) is 4.20. The number of aliphatic hydroxyl groups is 1. The van der Waals surface area contributed by atoms with Crippen molar-refractivity contribution in [2.75, 3.05) is 13.1 Å². The van der Waals surface area contributed by atoms with E-state index in [9.17, 15) is 9.50 Å².